The minimum Gasteiger partial charge on any atom is -0.497 e. The molecule has 6 rings (SSSR count). The summed E-state index contributed by atoms with van der Waals surface area (Å²) in [4.78, 5) is 43.6. The summed E-state index contributed by atoms with van der Waals surface area (Å²) in [5.41, 5.74) is 2.53. The van der Waals surface area contributed by atoms with Gasteiger partial charge in [-0.15, -0.1) is 0 Å². The van der Waals surface area contributed by atoms with Gasteiger partial charge in [0.1, 0.15) is 17.4 Å². The molecule has 3 amide bonds. The van der Waals surface area contributed by atoms with Gasteiger partial charge in [0.15, 0.2) is 0 Å². The summed E-state index contributed by atoms with van der Waals surface area (Å²) in [6.07, 6.45) is 8.33. The van der Waals surface area contributed by atoms with Crippen LogP contribution >= 0.6 is 0 Å². The number of amides is 3. The van der Waals surface area contributed by atoms with Crippen LogP contribution in [0.4, 0.5) is 5.69 Å². The van der Waals surface area contributed by atoms with Crippen LogP contribution in [0.25, 0.3) is 0 Å². The van der Waals surface area contributed by atoms with Gasteiger partial charge in [-0.05, 0) is 67.6 Å². The van der Waals surface area contributed by atoms with Crippen molar-refractivity contribution in [3.8, 4) is 5.75 Å². The highest BCUT2D eigenvalue weighted by molar-refractivity contribution is 6.02. The molecule has 1 spiro atoms. The summed E-state index contributed by atoms with van der Waals surface area (Å²) in [7, 11) is 1.60. The molecule has 1 saturated carbocycles. The van der Waals surface area contributed by atoms with E-state index in [9.17, 15) is 14.4 Å². The monoisotopic (exact) mass is 543 g/mol. The number of likely N-dealkylation sites (tertiary alicyclic amines) is 1. The van der Waals surface area contributed by atoms with Crippen molar-refractivity contribution in [3.63, 3.8) is 0 Å². The van der Waals surface area contributed by atoms with Gasteiger partial charge >= 0.3 is 0 Å². The smallest absolute Gasteiger partial charge is 0.246 e. The highest BCUT2D eigenvalue weighted by Gasteiger charge is 2.72. The number of hydrogen-bond acceptors (Lipinski definition) is 5. The zero-order valence-electron chi connectivity index (χ0n) is 23.3. The third-order valence-electron chi connectivity index (χ3n) is 9.14. The van der Waals surface area contributed by atoms with Gasteiger partial charge in [-0.25, -0.2) is 0 Å². The number of nitrogens with zero attached hydrogens (tertiary/aromatic N) is 1. The third kappa shape index (κ3) is 4.48. The Balaban J connectivity index is 1.32. The molecule has 0 aromatic heterocycles. The molecule has 2 saturated heterocycles. The summed E-state index contributed by atoms with van der Waals surface area (Å²) < 4.78 is 11.9. The van der Waals surface area contributed by atoms with E-state index in [0.29, 0.717) is 11.4 Å². The molecule has 210 valence electrons. The first-order valence-corrected chi connectivity index (χ1v) is 14.3. The van der Waals surface area contributed by atoms with E-state index in [2.05, 4.69) is 10.6 Å². The second-order valence-corrected chi connectivity index (χ2v) is 11.7. The molecule has 0 radical (unpaired) electrons. The molecule has 3 fully saturated rings. The van der Waals surface area contributed by atoms with Gasteiger partial charge in [0.25, 0.3) is 0 Å². The summed E-state index contributed by atoms with van der Waals surface area (Å²) in [5, 5.41) is 6.25. The second-order valence-electron chi connectivity index (χ2n) is 11.7. The van der Waals surface area contributed by atoms with Crippen molar-refractivity contribution in [1.29, 1.82) is 0 Å². The van der Waals surface area contributed by atoms with E-state index in [4.69, 9.17) is 9.47 Å². The first-order valence-electron chi connectivity index (χ1n) is 14.3. The fourth-order valence-electron chi connectivity index (χ4n) is 6.98. The van der Waals surface area contributed by atoms with Crippen molar-refractivity contribution in [2.75, 3.05) is 12.4 Å². The van der Waals surface area contributed by atoms with Crippen LogP contribution in [0, 0.1) is 25.7 Å². The number of fused-ring (bicyclic) bond motifs is 1. The van der Waals surface area contributed by atoms with E-state index >= 15 is 0 Å². The van der Waals surface area contributed by atoms with E-state index in [1.165, 1.54) is 6.42 Å². The number of nitrogens with one attached hydrogen (secondary N) is 2. The molecule has 5 unspecified atom stereocenters. The summed E-state index contributed by atoms with van der Waals surface area (Å²) in [6.45, 7) is 4.23. The van der Waals surface area contributed by atoms with E-state index in [1.54, 1.807) is 12.0 Å². The Morgan fingerprint density at radius 1 is 1.05 bits per heavy atom. The number of anilines is 1. The van der Waals surface area contributed by atoms with Crippen LogP contribution in [0.2, 0.25) is 0 Å². The molecule has 2 N–H and O–H groups in total. The normalized spacial score (nSPS) is 29.0. The molecule has 3 heterocycles. The van der Waals surface area contributed by atoms with Gasteiger partial charge in [-0.2, -0.15) is 0 Å². The number of aryl methyl sites for hydroxylation is 2. The van der Waals surface area contributed by atoms with Crippen molar-refractivity contribution in [2.24, 2.45) is 11.8 Å². The zero-order chi connectivity index (χ0) is 28.0. The van der Waals surface area contributed by atoms with Gasteiger partial charge in [0.05, 0.1) is 25.0 Å². The van der Waals surface area contributed by atoms with E-state index < -0.39 is 29.6 Å². The van der Waals surface area contributed by atoms with Crippen LogP contribution in [0.15, 0.2) is 54.6 Å². The van der Waals surface area contributed by atoms with E-state index in [-0.39, 0.29) is 30.3 Å². The van der Waals surface area contributed by atoms with Crippen molar-refractivity contribution >= 4 is 23.4 Å². The number of methoxy groups -OCH3 is 1. The third-order valence-corrected chi connectivity index (χ3v) is 9.14. The molecule has 2 bridgehead atoms. The largest absolute Gasteiger partial charge is 0.497 e. The van der Waals surface area contributed by atoms with Gasteiger partial charge in [-0.3, -0.25) is 14.4 Å². The average Bonchev–Trinajstić information content (AvgIpc) is 3.59. The summed E-state index contributed by atoms with van der Waals surface area (Å²) in [5.74, 6) is -1.58. The van der Waals surface area contributed by atoms with E-state index in [0.717, 1.165) is 42.4 Å². The highest BCUT2D eigenvalue weighted by Crippen LogP contribution is 2.55. The zero-order valence-corrected chi connectivity index (χ0v) is 23.3. The highest BCUT2D eigenvalue weighted by atomic mass is 16.5. The van der Waals surface area contributed by atoms with Crippen molar-refractivity contribution in [3.05, 3.63) is 71.3 Å². The number of hydrogen-bond donors (Lipinski definition) is 2. The number of rotatable bonds is 7. The predicted octanol–water partition coefficient (Wildman–Crippen LogP) is 4.05. The lowest BCUT2D eigenvalue weighted by atomic mass is 9.74. The molecule has 5 atom stereocenters. The lowest BCUT2D eigenvalue weighted by Gasteiger charge is -2.34. The molecular formula is C32H37N3O5. The SMILES string of the molecule is COc1cccc(CN2C(=O)C3C(C(=O)Nc4ccc(C)c(C)c4)C4C=CC3(O4)C2C(=O)NC2CCCCC2)c1. The fourth-order valence-corrected chi connectivity index (χ4v) is 6.98. The first kappa shape index (κ1) is 26.6. The molecule has 8 nitrogen and oxygen atoms in total. The standard InChI is InChI=1S/C32H37N3O5/c1-19-12-13-23(16-20(19)2)34-29(36)26-25-14-15-32(40-25)27(26)31(38)35(18-21-8-7-11-24(17-21)39-3)28(32)30(37)33-22-9-5-4-6-10-22/h7-8,11-17,22,25-28H,4-6,9-10,18H2,1-3H3,(H,33,37)(H,34,36). The molecular weight excluding hydrogens is 506 g/mol. The summed E-state index contributed by atoms with van der Waals surface area (Å²) >= 11 is 0. The van der Waals surface area contributed by atoms with Crippen LogP contribution < -0.4 is 15.4 Å². The molecule has 8 heteroatoms. The minimum absolute atomic E-state index is 0.0805. The molecule has 4 aliphatic rings. The Bertz CT molecular complexity index is 1370. The van der Waals surface area contributed by atoms with Gasteiger partial charge in [0.2, 0.25) is 17.7 Å². The minimum atomic E-state index is -1.19. The Morgan fingerprint density at radius 3 is 2.60 bits per heavy atom. The van der Waals surface area contributed by atoms with Gasteiger partial charge in [0, 0.05) is 18.3 Å². The van der Waals surface area contributed by atoms with Gasteiger partial charge in [-0.1, -0.05) is 49.6 Å². The Labute approximate surface area is 235 Å². The van der Waals surface area contributed by atoms with Crippen molar-refractivity contribution < 1.29 is 23.9 Å². The number of carbonyl (C=O) groups is 3. The molecule has 2 aromatic rings. The van der Waals surface area contributed by atoms with Crippen molar-refractivity contribution in [1.82, 2.24) is 10.2 Å². The van der Waals surface area contributed by atoms with Crippen LogP contribution in [-0.2, 0) is 25.7 Å². The Kier molecular flexibility index (Phi) is 6.90. The second kappa shape index (κ2) is 10.4. The average molecular weight is 544 g/mol. The van der Waals surface area contributed by atoms with Crippen LogP contribution in [-0.4, -0.2) is 53.5 Å². The van der Waals surface area contributed by atoms with Crippen LogP contribution in [0.1, 0.15) is 48.8 Å². The maximum atomic E-state index is 14.2. The van der Waals surface area contributed by atoms with E-state index in [1.807, 2.05) is 68.5 Å². The molecule has 40 heavy (non-hydrogen) atoms. The lowest BCUT2D eigenvalue weighted by molar-refractivity contribution is -0.142. The maximum absolute atomic E-state index is 14.2. The molecule has 1 aliphatic carbocycles. The Morgan fingerprint density at radius 2 is 1.85 bits per heavy atom. The quantitative estimate of drug-likeness (QED) is 0.514. The fraction of sp³-hybridized carbons (Fsp3) is 0.469. The van der Waals surface area contributed by atoms with Crippen molar-refractivity contribution in [2.45, 2.75) is 76.3 Å². The topological polar surface area (TPSA) is 97.0 Å². The molecule has 2 aromatic carbocycles. The van der Waals surface area contributed by atoms with Crippen LogP contribution in [0.5, 0.6) is 5.75 Å². The molecule has 3 aliphatic heterocycles. The summed E-state index contributed by atoms with van der Waals surface area (Å²) in [6, 6.07) is 12.5. The number of ether oxygens (including phenoxy) is 2. The predicted molar refractivity (Wildman–Crippen MR) is 151 cm³/mol. The Hall–Kier alpha value is -3.65. The number of benzene rings is 2. The van der Waals surface area contributed by atoms with Crippen LogP contribution in [0.3, 0.4) is 0 Å². The number of carbonyl (C=O) groups excluding carboxylic acids is 3. The van der Waals surface area contributed by atoms with Gasteiger partial charge < -0.3 is 25.0 Å². The first-order chi connectivity index (χ1) is 19.3. The maximum Gasteiger partial charge on any atom is 0.246 e. The lowest BCUT2D eigenvalue weighted by Crippen LogP contribution is -2.56.